The summed E-state index contributed by atoms with van der Waals surface area (Å²) in [5, 5.41) is 3.46. The van der Waals surface area contributed by atoms with Gasteiger partial charge < -0.3 is 19.7 Å². The molecule has 23 heavy (non-hydrogen) atoms. The first-order valence-corrected chi connectivity index (χ1v) is 8.66. The number of ether oxygens (including phenoxy) is 2. The molecule has 0 bridgehead atoms. The Morgan fingerprint density at radius 3 is 3.00 bits per heavy atom. The fraction of sp³-hybridized carbons (Fsp3) is 0.667. The van der Waals surface area contributed by atoms with Gasteiger partial charge in [0.25, 0.3) is 0 Å². The Balaban J connectivity index is 1.92. The molecule has 1 atom stereocenters. The van der Waals surface area contributed by atoms with Gasteiger partial charge in [-0.1, -0.05) is 0 Å². The van der Waals surface area contributed by atoms with E-state index in [0.717, 1.165) is 43.9 Å². The van der Waals surface area contributed by atoms with Gasteiger partial charge in [-0.3, -0.25) is 0 Å². The number of nitrogens with one attached hydrogen (secondary N) is 1. The fourth-order valence-corrected chi connectivity index (χ4v) is 3.71. The van der Waals surface area contributed by atoms with Gasteiger partial charge in [-0.15, -0.1) is 0 Å². The molecule has 0 amide bonds. The number of fused-ring (bicyclic) bond motifs is 2. The zero-order valence-corrected chi connectivity index (χ0v) is 14.2. The van der Waals surface area contributed by atoms with Crippen LogP contribution in [0.15, 0.2) is 6.07 Å². The molecular weight excluding hydrogens is 295 g/mol. The van der Waals surface area contributed by atoms with E-state index in [2.05, 4.69) is 23.2 Å². The van der Waals surface area contributed by atoms with E-state index in [1.807, 2.05) is 6.92 Å². The van der Waals surface area contributed by atoms with Gasteiger partial charge >= 0.3 is 0 Å². The number of hydrogen-bond acceptors (Lipinski definition) is 4. The number of halogens is 1. The van der Waals surface area contributed by atoms with Gasteiger partial charge in [0.05, 0.1) is 12.2 Å². The van der Waals surface area contributed by atoms with E-state index < -0.39 is 6.67 Å². The molecule has 0 aliphatic carbocycles. The standard InChI is InChI=1S/C18H27FN2O2/c1-3-22-15(11-19)12-21-8-9-23-17-10-14-4-6-20-7-5-16(14)13(2)18(17)21/h10,15,20H,3-9,11-12H2,1-2H3/t15-/m1/s1. The van der Waals surface area contributed by atoms with E-state index in [1.54, 1.807) is 0 Å². The van der Waals surface area contributed by atoms with Crippen LogP contribution in [0.25, 0.3) is 0 Å². The topological polar surface area (TPSA) is 33.7 Å². The first kappa shape index (κ1) is 16.5. The van der Waals surface area contributed by atoms with Gasteiger partial charge in [-0.05, 0) is 62.5 Å². The molecule has 0 saturated carbocycles. The number of anilines is 1. The normalized spacial score (nSPS) is 18.7. The molecule has 2 aliphatic heterocycles. The monoisotopic (exact) mass is 322 g/mol. The van der Waals surface area contributed by atoms with E-state index >= 15 is 0 Å². The molecule has 2 heterocycles. The minimum Gasteiger partial charge on any atom is -0.490 e. The fourth-order valence-electron chi connectivity index (χ4n) is 3.71. The Bertz CT molecular complexity index is 550. The number of nitrogens with zero attached hydrogens (tertiary/aromatic N) is 1. The molecule has 1 N–H and O–H groups in total. The van der Waals surface area contributed by atoms with Crippen molar-refractivity contribution in [3.8, 4) is 5.75 Å². The van der Waals surface area contributed by atoms with Crippen LogP contribution >= 0.6 is 0 Å². The molecule has 1 aromatic carbocycles. The van der Waals surface area contributed by atoms with Gasteiger partial charge in [-0.25, -0.2) is 4.39 Å². The van der Waals surface area contributed by atoms with Crippen LogP contribution in [0.2, 0.25) is 0 Å². The highest BCUT2D eigenvalue weighted by molar-refractivity contribution is 5.69. The lowest BCUT2D eigenvalue weighted by atomic mass is 9.94. The number of hydrogen-bond donors (Lipinski definition) is 1. The largest absolute Gasteiger partial charge is 0.490 e. The summed E-state index contributed by atoms with van der Waals surface area (Å²) < 4.78 is 24.6. The number of alkyl halides is 1. The average Bonchev–Trinajstić information content (AvgIpc) is 2.80. The van der Waals surface area contributed by atoms with Gasteiger partial charge in [0.2, 0.25) is 0 Å². The van der Waals surface area contributed by atoms with Crippen molar-refractivity contribution in [1.82, 2.24) is 5.32 Å². The Hall–Kier alpha value is -1.33. The quantitative estimate of drug-likeness (QED) is 0.902. The van der Waals surface area contributed by atoms with Crippen LogP contribution in [0.5, 0.6) is 5.75 Å². The van der Waals surface area contributed by atoms with Crippen molar-refractivity contribution in [2.75, 3.05) is 51.0 Å². The lowest BCUT2D eigenvalue weighted by molar-refractivity contribution is 0.0483. The van der Waals surface area contributed by atoms with Crippen molar-refractivity contribution >= 4 is 5.69 Å². The van der Waals surface area contributed by atoms with E-state index in [4.69, 9.17) is 9.47 Å². The molecule has 1 aromatic rings. The van der Waals surface area contributed by atoms with Gasteiger partial charge in [0, 0.05) is 13.2 Å². The lowest BCUT2D eigenvalue weighted by Gasteiger charge is -2.35. The predicted octanol–water partition coefficient (Wildman–Crippen LogP) is 2.26. The van der Waals surface area contributed by atoms with Crippen LogP contribution in [0.3, 0.4) is 0 Å². The van der Waals surface area contributed by atoms with Crippen molar-refractivity contribution in [3.05, 3.63) is 22.8 Å². The Morgan fingerprint density at radius 2 is 2.22 bits per heavy atom. The lowest BCUT2D eigenvalue weighted by Crippen LogP contribution is -2.41. The number of benzene rings is 1. The van der Waals surface area contributed by atoms with Crippen molar-refractivity contribution in [1.29, 1.82) is 0 Å². The molecule has 0 spiro atoms. The SMILES string of the molecule is CCO[C@H](CF)CN1CCOc2cc3c(c(C)c21)CCNCC3. The minimum absolute atomic E-state index is 0.370. The summed E-state index contributed by atoms with van der Waals surface area (Å²) in [6.45, 7) is 8.23. The van der Waals surface area contributed by atoms with E-state index in [9.17, 15) is 4.39 Å². The maximum absolute atomic E-state index is 13.2. The Kier molecular flexibility index (Phi) is 5.38. The van der Waals surface area contributed by atoms with Crippen LogP contribution in [0, 0.1) is 6.92 Å². The summed E-state index contributed by atoms with van der Waals surface area (Å²) in [5.74, 6) is 0.948. The molecule has 5 heteroatoms. The van der Waals surface area contributed by atoms with Crippen molar-refractivity contribution in [3.63, 3.8) is 0 Å². The molecule has 3 rings (SSSR count). The van der Waals surface area contributed by atoms with Crippen LogP contribution in [-0.2, 0) is 17.6 Å². The second-order valence-corrected chi connectivity index (χ2v) is 6.26. The average molecular weight is 322 g/mol. The highest BCUT2D eigenvalue weighted by Crippen LogP contribution is 2.39. The number of rotatable bonds is 5. The predicted molar refractivity (Wildman–Crippen MR) is 90.6 cm³/mol. The second-order valence-electron chi connectivity index (χ2n) is 6.26. The van der Waals surface area contributed by atoms with E-state index in [0.29, 0.717) is 19.8 Å². The first-order valence-electron chi connectivity index (χ1n) is 8.66. The Morgan fingerprint density at radius 1 is 1.39 bits per heavy atom. The van der Waals surface area contributed by atoms with Crippen LogP contribution in [0.4, 0.5) is 10.1 Å². The highest BCUT2D eigenvalue weighted by Gasteiger charge is 2.26. The molecule has 0 saturated heterocycles. The van der Waals surface area contributed by atoms with Gasteiger partial charge in [0.1, 0.15) is 25.1 Å². The second kappa shape index (κ2) is 7.49. The van der Waals surface area contributed by atoms with Crippen molar-refractivity contribution in [2.45, 2.75) is 32.8 Å². The molecule has 2 aliphatic rings. The third-order valence-electron chi connectivity index (χ3n) is 4.79. The third kappa shape index (κ3) is 3.45. The highest BCUT2D eigenvalue weighted by atomic mass is 19.1. The smallest absolute Gasteiger partial charge is 0.143 e. The Labute approximate surface area is 138 Å². The van der Waals surface area contributed by atoms with Crippen LogP contribution in [0.1, 0.15) is 23.6 Å². The van der Waals surface area contributed by atoms with E-state index in [-0.39, 0.29) is 6.10 Å². The molecule has 0 radical (unpaired) electrons. The zero-order chi connectivity index (χ0) is 16.2. The minimum atomic E-state index is -0.450. The van der Waals surface area contributed by atoms with Crippen molar-refractivity contribution < 1.29 is 13.9 Å². The maximum atomic E-state index is 13.2. The molecule has 128 valence electrons. The summed E-state index contributed by atoms with van der Waals surface area (Å²) in [6.07, 6.45) is 1.71. The third-order valence-corrected chi connectivity index (χ3v) is 4.79. The van der Waals surface area contributed by atoms with Crippen molar-refractivity contribution in [2.24, 2.45) is 0 Å². The zero-order valence-electron chi connectivity index (χ0n) is 14.2. The van der Waals surface area contributed by atoms with Crippen LogP contribution in [-0.4, -0.2) is 52.2 Å². The maximum Gasteiger partial charge on any atom is 0.143 e. The molecular formula is C18H27FN2O2. The molecule has 0 unspecified atom stereocenters. The molecule has 4 nitrogen and oxygen atoms in total. The van der Waals surface area contributed by atoms with E-state index in [1.165, 1.54) is 16.7 Å². The van der Waals surface area contributed by atoms with Crippen LogP contribution < -0.4 is 15.0 Å². The summed E-state index contributed by atoms with van der Waals surface area (Å²) in [4.78, 5) is 2.24. The summed E-state index contributed by atoms with van der Waals surface area (Å²) >= 11 is 0. The van der Waals surface area contributed by atoms with Gasteiger partial charge in [0.15, 0.2) is 0 Å². The molecule has 0 fully saturated rings. The molecule has 0 aromatic heterocycles. The summed E-state index contributed by atoms with van der Waals surface area (Å²) in [7, 11) is 0. The van der Waals surface area contributed by atoms with Gasteiger partial charge in [-0.2, -0.15) is 0 Å². The first-order chi connectivity index (χ1) is 11.2. The summed E-state index contributed by atoms with van der Waals surface area (Å²) in [5.41, 5.74) is 5.24. The summed E-state index contributed by atoms with van der Waals surface area (Å²) in [6, 6.07) is 2.20.